The largest absolute Gasteiger partial charge is 0.313 e. The highest BCUT2D eigenvalue weighted by Gasteiger charge is 2.15. The number of benzene rings is 1. The normalized spacial score (nSPS) is 12.7. The van der Waals surface area contributed by atoms with Crippen LogP contribution < -0.4 is 5.32 Å². The van der Waals surface area contributed by atoms with Crippen molar-refractivity contribution in [2.75, 3.05) is 7.05 Å². The first kappa shape index (κ1) is 13.2. The molecule has 1 aromatic carbocycles. The molecule has 0 fully saturated rings. The van der Waals surface area contributed by atoms with Crippen LogP contribution in [0.25, 0.3) is 0 Å². The molecule has 0 saturated heterocycles. The Morgan fingerprint density at radius 2 is 2.22 bits per heavy atom. The van der Waals surface area contributed by atoms with Crippen molar-refractivity contribution in [1.29, 1.82) is 0 Å². The zero-order chi connectivity index (χ0) is 13.1. The van der Waals surface area contributed by atoms with Gasteiger partial charge in [-0.3, -0.25) is 4.68 Å². The van der Waals surface area contributed by atoms with Gasteiger partial charge in [0.2, 0.25) is 0 Å². The van der Waals surface area contributed by atoms with Crippen LogP contribution in [0.1, 0.15) is 17.3 Å². The number of aromatic nitrogens is 2. The van der Waals surface area contributed by atoms with E-state index in [4.69, 9.17) is 0 Å². The van der Waals surface area contributed by atoms with Gasteiger partial charge in [0.1, 0.15) is 5.82 Å². The Bertz CT molecular complexity index is 539. The molecule has 0 aliphatic heterocycles. The summed E-state index contributed by atoms with van der Waals surface area (Å²) in [5, 5.41) is 7.54. The molecule has 1 heterocycles. The zero-order valence-electron chi connectivity index (χ0n) is 10.3. The molecule has 96 valence electrons. The van der Waals surface area contributed by atoms with Gasteiger partial charge in [-0.1, -0.05) is 15.9 Å². The SMILES string of the molecule is CNC(Cc1ccn(C)n1)c1cc(F)ccc1Br. The third kappa shape index (κ3) is 2.97. The standard InChI is InChI=1S/C13H15BrFN3/c1-16-13(8-10-5-6-18(2)17-10)11-7-9(15)3-4-12(11)14/h3-7,13,16H,8H2,1-2H3. The number of likely N-dealkylation sites (N-methyl/N-ethyl adjacent to an activating group) is 1. The number of rotatable bonds is 4. The number of hydrogen-bond acceptors (Lipinski definition) is 2. The van der Waals surface area contributed by atoms with E-state index in [-0.39, 0.29) is 11.9 Å². The number of halogens is 2. The Balaban J connectivity index is 2.25. The maximum atomic E-state index is 13.3. The fourth-order valence-electron chi connectivity index (χ4n) is 1.93. The van der Waals surface area contributed by atoms with Crippen molar-refractivity contribution in [3.8, 4) is 0 Å². The van der Waals surface area contributed by atoms with Gasteiger partial charge in [0.15, 0.2) is 0 Å². The van der Waals surface area contributed by atoms with E-state index in [1.165, 1.54) is 6.07 Å². The van der Waals surface area contributed by atoms with E-state index in [9.17, 15) is 4.39 Å². The molecular weight excluding hydrogens is 297 g/mol. The third-order valence-electron chi connectivity index (χ3n) is 2.86. The molecule has 1 atom stereocenters. The van der Waals surface area contributed by atoms with Crippen molar-refractivity contribution in [1.82, 2.24) is 15.1 Å². The molecule has 3 nitrogen and oxygen atoms in total. The summed E-state index contributed by atoms with van der Waals surface area (Å²) < 4.78 is 16.0. The van der Waals surface area contributed by atoms with Gasteiger partial charge in [0.05, 0.1) is 5.69 Å². The molecule has 1 aromatic heterocycles. The van der Waals surface area contributed by atoms with Crippen molar-refractivity contribution >= 4 is 15.9 Å². The summed E-state index contributed by atoms with van der Waals surface area (Å²) in [5.41, 5.74) is 1.89. The van der Waals surface area contributed by atoms with Crippen molar-refractivity contribution in [3.05, 3.63) is 52.0 Å². The van der Waals surface area contributed by atoms with Crippen molar-refractivity contribution < 1.29 is 4.39 Å². The van der Waals surface area contributed by atoms with E-state index in [0.29, 0.717) is 0 Å². The molecule has 0 saturated carbocycles. The lowest BCUT2D eigenvalue weighted by atomic mass is 10.0. The number of hydrogen-bond donors (Lipinski definition) is 1. The molecule has 0 spiro atoms. The molecule has 1 unspecified atom stereocenters. The summed E-state index contributed by atoms with van der Waals surface area (Å²) in [7, 11) is 3.75. The zero-order valence-corrected chi connectivity index (χ0v) is 11.9. The highest BCUT2D eigenvalue weighted by molar-refractivity contribution is 9.10. The molecule has 0 aliphatic rings. The minimum absolute atomic E-state index is 0.0324. The van der Waals surface area contributed by atoms with Crippen LogP contribution in [-0.2, 0) is 13.5 Å². The Morgan fingerprint density at radius 1 is 1.44 bits per heavy atom. The molecule has 0 amide bonds. The first-order valence-electron chi connectivity index (χ1n) is 5.71. The van der Waals surface area contributed by atoms with Crippen LogP contribution in [0.15, 0.2) is 34.9 Å². The summed E-state index contributed by atoms with van der Waals surface area (Å²) in [6.07, 6.45) is 2.63. The minimum Gasteiger partial charge on any atom is -0.313 e. The van der Waals surface area contributed by atoms with E-state index < -0.39 is 0 Å². The first-order valence-corrected chi connectivity index (χ1v) is 6.50. The molecule has 0 bridgehead atoms. The van der Waals surface area contributed by atoms with Gasteiger partial charge in [-0.15, -0.1) is 0 Å². The van der Waals surface area contributed by atoms with E-state index in [0.717, 1.165) is 22.2 Å². The van der Waals surface area contributed by atoms with Gasteiger partial charge in [-0.25, -0.2) is 4.39 Å². The van der Waals surface area contributed by atoms with E-state index in [1.54, 1.807) is 16.8 Å². The summed E-state index contributed by atoms with van der Waals surface area (Å²) in [4.78, 5) is 0. The van der Waals surface area contributed by atoms with Crippen LogP contribution in [0.5, 0.6) is 0 Å². The van der Waals surface area contributed by atoms with Gasteiger partial charge >= 0.3 is 0 Å². The maximum Gasteiger partial charge on any atom is 0.123 e. The third-order valence-corrected chi connectivity index (χ3v) is 3.59. The minimum atomic E-state index is -0.227. The lowest BCUT2D eigenvalue weighted by molar-refractivity contribution is 0.564. The van der Waals surface area contributed by atoms with Gasteiger partial charge in [-0.05, 0) is 36.9 Å². The molecule has 0 radical (unpaired) electrons. The monoisotopic (exact) mass is 311 g/mol. The van der Waals surface area contributed by atoms with Crippen LogP contribution in [0, 0.1) is 5.82 Å². The number of nitrogens with one attached hydrogen (secondary N) is 1. The summed E-state index contributed by atoms with van der Waals surface area (Å²) in [5.74, 6) is -0.227. The lowest BCUT2D eigenvalue weighted by Gasteiger charge is -2.17. The number of aryl methyl sites for hydroxylation is 1. The van der Waals surface area contributed by atoms with E-state index >= 15 is 0 Å². The fraction of sp³-hybridized carbons (Fsp3) is 0.308. The quantitative estimate of drug-likeness (QED) is 0.941. The predicted octanol–water partition coefficient (Wildman–Crippen LogP) is 2.82. The Kier molecular flexibility index (Phi) is 4.14. The van der Waals surface area contributed by atoms with E-state index in [1.807, 2.05) is 26.4 Å². The second kappa shape index (κ2) is 5.63. The number of nitrogens with zero attached hydrogens (tertiary/aromatic N) is 2. The summed E-state index contributed by atoms with van der Waals surface area (Å²) >= 11 is 3.46. The molecule has 1 N–H and O–H groups in total. The lowest BCUT2D eigenvalue weighted by Crippen LogP contribution is -2.19. The van der Waals surface area contributed by atoms with Crippen LogP contribution in [0.2, 0.25) is 0 Å². The first-order chi connectivity index (χ1) is 8.60. The van der Waals surface area contributed by atoms with Gasteiger partial charge in [0, 0.05) is 30.2 Å². The molecule has 5 heteroatoms. The van der Waals surface area contributed by atoms with Crippen LogP contribution in [0.3, 0.4) is 0 Å². The fourth-order valence-corrected chi connectivity index (χ4v) is 2.45. The van der Waals surface area contributed by atoms with Crippen molar-refractivity contribution in [2.24, 2.45) is 7.05 Å². The van der Waals surface area contributed by atoms with Crippen LogP contribution in [-0.4, -0.2) is 16.8 Å². The van der Waals surface area contributed by atoms with E-state index in [2.05, 4.69) is 26.3 Å². The second-order valence-corrected chi connectivity index (χ2v) is 5.05. The van der Waals surface area contributed by atoms with Crippen molar-refractivity contribution in [3.63, 3.8) is 0 Å². The molecule has 2 rings (SSSR count). The topological polar surface area (TPSA) is 29.9 Å². The maximum absolute atomic E-state index is 13.3. The Morgan fingerprint density at radius 3 is 2.83 bits per heavy atom. The molecule has 0 aliphatic carbocycles. The van der Waals surface area contributed by atoms with Crippen molar-refractivity contribution in [2.45, 2.75) is 12.5 Å². The Hall–Kier alpha value is -1.20. The van der Waals surface area contributed by atoms with Gasteiger partial charge < -0.3 is 5.32 Å². The second-order valence-electron chi connectivity index (χ2n) is 4.19. The highest BCUT2D eigenvalue weighted by atomic mass is 79.9. The van der Waals surface area contributed by atoms with Crippen LogP contribution >= 0.6 is 15.9 Å². The highest BCUT2D eigenvalue weighted by Crippen LogP contribution is 2.26. The van der Waals surface area contributed by atoms with Gasteiger partial charge in [-0.2, -0.15) is 5.10 Å². The summed E-state index contributed by atoms with van der Waals surface area (Å²) in [6.45, 7) is 0. The van der Waals surface area contributed by atoms with Gasteiger partial charge in [0.25, 0.3) is 0 Å². The van der Waals surface area contributed by atoms with Crippen LogP contribution in [0.4, 0.5) is 4.39 Å². The smallest absolute Gasteiger partial charge is 0.123 e. The molecule has 18 heavy (non-hydrogen) atoms. The Labute approximate surface area is 114 Å². The average molecular weight is 312 g/mol. The molecular formula is C13H15BrFN3. The predicted molar refractivity (Wildman–Crippen MR) is 72.8 cm³/mol. The molecule has 2 aromatic rings. The average Bonchev–Trinajstić information content (AvgIpc) is 2.75. The summed E-state index contributed by atoms with van der Waals surface area (Å²) in [6, 6.07) is 6.73.